The first-order valence-corrected chi connectivity index (χ1v) is 7.02. The molecule has 0 aliphatic rings. The van der Waals surface area contributed by atoms with E-state index < -0.39 is 4.92 Å². The first-order chi connectivity index (χ1) is 11.0. The van der Waals surface area contributed by atoms with E-state index in [2.05, 4.69) is 15.5 Å². The maximum atomic E-state index is 10.8. The molecule has 0 saturated heterocycles. The van der Waals surface area contributed by atoms with Gasteiger partial charge < -0.3 is 9.73 Å². The van der Waals surface area contributed by atoms with Gasteiger partial charge in [-0.3, -0.25) is 10.1 Å². The molecule has 0 atom stereocenters. The second-order valence-electron chi connectivity index (χ2n) is 4.81. The number of nitrogens with one attached hydrogen (secondary N) is 1. The molecule has 1 N–H and O–H groups in total. The van der Waals surface area contributed by atoms with Gasteiger partial charge in [-0.2, -0.15) is 0 Å². The Bertz CT molecular complexity index is 879. The molecule has 0 fully saturated rings. The molecule has 0 aliphatic carbocycles. The van der Waals surface area contributed by atoms with Gasteiger partial charge in [-0.05, 0) is 30.7 Å². The number of rotatable bonds is 4. The Labute approximate surface area is 136 Å². The Balaban J connectivity index is 1.84. The van der Waals surface area contributed by atoms with Gasteiger partial charge >= 0.3 is 6.01 Å². The zero-order valence-electron chi connectivity index (χ0n) is 12.0. The van der Waals surface area contributed by atoms with E-state index in [0.29, 0.717) is 16.3 Å². The third-order valence-electron chi connectivity index (χ3n) is 3.15. The highest BCUT2D eigenvalue weighted by atomic mass is 35.5. The van der Waals surface area contributed by atoms with Gasteiger partial charge in [-0.1, -0.05) is 28.8 Å². The predicted molar refractivity (Wildman–Crippen MR) is 85.9 cm³/mol. The van der Waals surface area contributed by atoms with E-state index in [-0.39, 0.29) is 17.6 Å². The van der Waals surface area contributed by atoms with Gasteiger partial charge in [0.05, 0.1) is 4.92 Å². The van der Waals surface area contributed by atoms with E-state index in [4.69, 9.17) is 16.0 Å². The van der Waals surface area contributed by atoms with Crippen molar-refractivity contribution in [3.8, 4) is 11.5 Å². The second-order valence-corrected chi connectivity index (χ2v) is 5.22. The number of hydrogen-bond acceptors (Lipinski definition) is 6. The molecule has 3 aromatic rings. The van der Waals surface area contributed by atoms with E-state index in [9.17, 15) is 10.1 Å². The molecule has 0 unspecified atom stereocenters. The topological polar surface area (TPSA) is 94.1 Å². The second kappa shape index (κ2) is 6.05. The summed E-state index contributed by atoms with van der Waals surface area (Å²) < 4.78 is 5.48. The largest absolute Gasteiger partial charge is 0.403 e. The lowest BCUT2D eigenvalue weighted by Gasteiger charge is -2.03. The zero-order valence-corrected chi connectivity index (χ0v) is 12.7. The highest BCUT2D eigenvalue weighted by molar-refractivity contribution is 6.31. The van der Waals surface area contributed by atoms with Crippen molar-refractivity contribution in [2.24, 2.45) is 0 Å². The molecule has 7 nitrogen and oxygen atoms in total. The van der Waals surface area contributed by atoms with E-state index in [0.717, 1.165) is 5.56 Å². The van der Waals surface area contributed by atoms with Crippen molar-refractivity contribution in [2.45, 2.75) is 6.92 Å². The summed E-state index contributed by atoms with van der Waals surface area (Å²) in [6.07, 6.45) is 0. The smallest absolute Gasteiger partial charge is 0.320 e. The van der Waals surface area contributed by atoms with Crippen molar-refractivity contribution in [1.82, 2.24) is 10.2 Å². The van der Waals surface area contributed by atoms with Gasteiger partial charge in [-0.25, -0.2) is 0 Å². The van der Waals surface area contributed by atoms with Crippen LogP contribution in [0.15, 0.2) is 46.9 Å². The molecule has 0 aliphatic heterocycles. The molecule has 1 aromatic heterocycles. The first-order valence-electron chi connectivity index (χ1n) is 6.64. The highest BCUT2D eigenvalue weighted by Crippen LogP contribution is 2.26. The summed E-state index contributed by atoms with van der Waals surface area (Å²) in [4.78, 5) is 10.3. The Morgan fingerprint density at radius 1 is 1.22 bits per heavy atom. The quantitative estimate of drug-likeness (QED) is 0.564. The van der Waals surface area contributed by atoms with E-state index in [1.54, 1.807) is 18.2 Å². The fourth-order valence-corrected chi connectivity index (χ4v) is 2.12. The van der Waals surface area contributed by atoms with Crippen molar-refractivity contribution in [3.05, 3.63) is 63.2 Å². The Morgan fingerprint density at radius 2 is 2.04 bits per heavy atom. The molecule has 116 valence electrons. The molecule has 23 heavy (non-hydrogen) atoms. The maximum absolute atomic E-state index is 10.8. The van der Waals surface area contributed by atoms with Gasteiger partial charge in [0.25, 0.3) is 5.69 Å². The molecular weight excluding hydrogens is 320 g/mol. The summed E-state index contributed by atoms with van der Waals surface area (Å²) in [5, 5.41) is 22.1. The summed E-state index contributed by atoms with van der Waals surface area (Å²) in [5.41, 5.74) is 2.09. The summed E-state index contributed by atoms with van der Waals surface area (Å²) in [6, 6.07) is 11.6. The number of halogens is 1. The van der Waals surface area contributed by atoms with Crippen LogP contribution in [0.25, 0.3) is 11.5 Å². The number of nitro benzene ring substituents is 1. The van der Waals surface area contributed by atoms with Gasteiger partial charge in [0, 0.05) is 28.4 Å². The SMILES string of the molecule is Cc1ccc(Nc2nnc(-c3cccc([N+](=O)[O-])c3)o2)cc1Cl. The molecule has 0 saturated carbocycles. The van der Waals surface area contributed by atoms with Crippen LogP contribution in [0.3, 0.4) is 0 Å². The summed E-state index contributed by atoms with van der Waals surface area (Å²) in [6.45, 7) is 1.90. The lowest BCUT2D eigenvalue weighted by atomic mass is 10.2. The fraction of sp³-hybridized carbons (Fsp3) is 0.0667. The van der Waals surface area contributed by atoms with Crippen LogP contribution in [0.4, 0.5) is 17.4 Å². The number of nitrogens with zero attached hydrogens (tertiary/aromatic N) is 3. The highest BCUT2D eigenvalue weighted by Gasteiger charge is 2.13. The molecular formula is C15H11ClN4O3. The van der Waals surface area contributed by atoms with Crippen molar-refractivity contribution in [1.29, 1.82) is 0 Å². The van der Waals surface area contributed by atoms with Crippen molar-refractivity contribution >= 4 is 29.0 Å². The van der Waals surface area contributed by atoms with Crippen LogP contribution in [0.5, 0.6) is 0 Å². The lowest BCUT2D eigenvalue weighted by Crippen LogP contribution is -1.90. The summed E-state index contributed by atoms with van der Waals surface area (Å²) in [5.74, 6) is 0.189. The monoisotopic (exact) mass is 330 g/mol. The molecule has 3 rings (SSSR count). The van der Waals surface area contributed by atoms with E-state index in [1.165, 1.54) is 12.1 Å². The van der Waals surface area contributed by atoms with Crippen LogP contribution < -0.4 is 5.32 Å². The Hall–Kier alpha value is -2.93. The number of non-ortho nitro benzene ring substituents is 1. The van der Waals surface area contributed by atoms with Crippen LogP contribution in [0.2, 0.25) is 5.02 Å². The molecule has 2 aromatic carbocycles. The van der Waals surface area contributed by atoms with Crippen LogP contribution in [-0.2, 0) is 0 Å². The van der Waals surface area contributed by atoms with Gasteiger partial charge in [0.1, 0.15) is 0 Å². The third kappa shape index (κ3) is 3.29. The van der Waals surface area contributed by atoms with Gasteiger partial charge in [0.2, 0.25) is 5.89 Å². The number of aromatic nitrogens is 2. The molecule has 0 spiro atoms. The van der Waals surface area contributed by atoms with Crippen molar-refractivity contribution in [2.75, 3.05) is 5.32 Å². The molecule has 0 bridgehead atoms. The zero-order chi connectivity index (χ0) is 16.4. The number of nitro groups is 1. The maximum Gasteiger partial charge on any atom is 0.320 e. The van der Waals surface area contributed by atoms with Gasteiger partial charge in [0.15, 0.2) is 0 Å². The number of aryl methyl sites for hydroxylation is 1. The molecule has 1 heterocycles. The van der Waals surface area contributed by atoms with Crippen LogP contribution in [-0.4, -0.2) is 15.1 Å². The normalized spacial score (nSPS) is 10.5. The molecule has 8 heteroatoms. The Morgan fingerprint density at radius 3 is 2.78 bits per heavy atom. The number of hydrogen-bond donors (Lipinski definition) is 1. The van der Waals surface area contributed by atoms with E-state index >= 15 is 0 Å². The van der Waals surface area contributed by atoms with Crippen LogP contribution in [0.1, 0.15) is 5.56 Å². The lowest BCUT2D eigenvalue weighted by molar-refractivity contribution is -0.384. The Kier molecular flexibility index (Phi) is 3.94. The predicted octanol–water partition coefficient (Wildman–Crippen LogP) is 4.35. The first kappa shape index (κ1) is 15.0. The van der Waals surface area contributed by atoms with Crippen molar-refractivity contribution in [3.63, 3.8) is 0 Å². The minimum Gasteiger partial charge on any atom is -0.403 e. The average Bonchev–Trinajstić information content (AvgIpc) is 2.99. The minimum atomic E-state index is -0.479. The number of benzene rings is 2. The minimum absolute atomic E-state index is 0.0412. The van der Waals surface area contributed by atoms with Crippen LogP contribution >= 0.6 is 11.6 Å². The molecule has 0 radical (unpaired) electrons. The summed E-state index contributed by atoms with van der Waals surface area (Å²) in [7, 11) is 0. The van der Waals surface area contributed by atoms with Crippen LogP contribution in [0, 0.1) is 17.0 Å². The standard InChI is InChI=1S/C15H11ClN4O3/c1-9-5-6-11(8-13(9)16)17-15-19-18-14(23-15)10-3-2-4-12(7-10)20(21)22/h2-8H,1H3,(H,17,19). The third-order valence-corrected chi connectivity index (χ3v) is 3.56. The van der Waals surface area contributed by atoms with E-state index in [1.807, 2.05) is 19.1 Å². The molecule has 0 amide bonds. The fourth-order valence-electron chi connectivity index (χ4n) is 1.94. The number of anilines is 2. The summed E-state index contributed by atoms with van der Waals surface area (Å²) >= 11 is 6.06. The average molecular weight is 331 g/mol. The van der Waals surface area contributed by atoms with Gasteiger partial charge in [-0.15, -0.1) is 5.10 Å². The van der Waals surface area contributed by atoms with Crippen molar-refractivity contribution < 1.29 is 9.34 Å².